The molecule has 3 rings (SSSR count). The molecule has 23 heavy (non-hydrogen) atoms. The van der Waals surface area contributed by atoms with E-state index in [1.165, 1.54) is 12.4 Å². The van der Waals surface area contributed by atoms with Gasteiger partial charge in [0, 0.05) is 31.5 Å². The van der Waals surface area contributed by atoms with Gasteiger partial charge in [0.05, 0.1) is 19.0 Å². The number of amides is 1. The highest BCUT2D eigenvalue weighted by Gasteiger charge is 2.24. The Morgan fingerprint density at radius 2 is 2.22 bits per heavy atom. The van der Waals surface area contributed by atoms with Gasteiger partial charge >= 0.3 is 0 Å². The Hall–Kier alpha value is -2.63. The van der Waals surface area contributed by atoms with Crippen LogP contribution in [0.1, 0.15) is 23.3 Å². The summed E-state index contributed by atoms with van der Waals surface area (Å²) in [4.78, 5) is 22.5. The molecule has 1 saturated heterocycles. The van der Waals surface area contributed by atoms with Gasteiger partial charge in [-0.25, -0.2) is 4.98 Å². The van der Waals surface area contributed by atoms with Crippen LogP contribution in [0.5, 0.6) is 5.75 Å². The summed E-state index contributed by atoms with van der Waals surface area (Å²) in [5, 5.41) is 3.05. The number of rotatable bonds is 4. The van der Waals surface area contributed by atoms with Crippen molar-refractivity contribution >= 4 is 11.6 Å². The molecule has 1 fully saturated rings. The smallest absolute Gasteiger partial charge is 0.271 e. The van der Waals surface area contributed by atoms with Crippen molar-refractivity contribution in [1.29, 1.82) is 0 Å². The summed E-state index contributed by atoms with van der Waals surface area (Å²) in [5.41, 5.74) is 1.41. The number of para-hydroxylation sites is 2. The minimum atomic E-state index is -0.176. The van der Waals surface area contributed by atoms with Crippen molar-refractivity contribution in [1.82, 2.24) is 15.3 Å². The molecule has 1 aromatic carbocycles. The van der Waals surface area contributed by atoms with Crippen molar-refractivity contribution in [3.05, 3.63) is 48.5 Å². The van der Waals surface area contributed by atoms with Crippen molar-refractivity contribution in [3.8, 4) is 5.75 Å². The van der Waals surface area contributed by atoms with Gasteiger partial charge < -0.3 is 15.0 Å². The van der Waals surface area contributed by atoms with Gasteiger partial charge in [-0.05, 0) is 25.0 Å². The van der Waals surface area contributed by atoms with Crippen LogP contribution < -0.4 is 15.0 Å². The van der Waals surface area contributed by atoms with Crippen molar-refractivity contribution in [2.24, 2.45) is 0 Å². The number of hydrogen-bond acceptors (Lipinski definition) is 5. The third-order valence-corrected chi connectivity index (χ3v) is 3.98. The summed E-state index contributed by atoms with van der Waals surface area (Å²) >= 11 is 0. The molecule has 2 aromatic rings. The minimum Gasteiger partial charge on any atom is -0.495 e. The third kappa shape index (κ3) is 3.59. The maximum Gasteiger partial charge on any atom is 0.271 e. The molecular formula is C17H20N4O2. The molecule has 0 saturated carbocycles. The Labute approximate surface area is 135 Å². The van der Waals surface area contributed by atoms with Gasteiger partial charge in [0.2, 0.25) is 0 Å². The van der Waals surface area contributed by atoms with E-state index >= 15 is 0 Å². The third-order valence-electron chi connectivity index (χ3n) is 3.98. The molecule has 0 aliphatic carbocycles. The molecule has 0 unspecified atom stereocenters. The number of piperidine rings is 1. The molecule has 1 aromatic heterocycles. The molecule has 120 valence electrons. The molecular weight excluding hydrogens is 292 g/mol. The van der Waals surface area contributed by atoms with Crippen molar-refractivity contribution in [2.75, 3.05) is 25.1 Å². The number of methoxy groups -OCH3 is 1. The number of carbonyl (C=O) groups excluding carboxylic acids is 1. The van der Waals surface area contributed by atoms with E-state index in [4.69, 9.17) is 4.74 Å². The van der Waals surface area contributed by atoms with E-state index in [1.54, 1.807) is 13.3 Å². The quantitative estimate of drug-likeness (QED) is 0.934. The van der Waals surface area contributed by atoms with Crippen LogP contribution in [0.4, 0.5) is 5.69 Å². The zero-order chi connectivity index (χ0) is 16.1. The summed E-state index contributed by atoms with van der Waals surface area (Å²) in [6.07, 6.45) is 6.54. The van der Waals surface area contributed by atoms with E-state index in [2.05, 4.69) is 20.2 Å². The molecule has 0 radical (unpaired) electrons. The maximum atomic E-state index is 12.2. The fourth-order valence-corrected chi connectivity index (χ4v) is 2.88. The summed E-state index contributed by atoms with van der Waals surface area (Å²) < 4.78 is 5.44. The fraction of sp³-hybridized carbons (Fsp3) is 0.353. The fourth-order valence-electron chi connectivity index (χ4n) is 2.88. The van der Waals surface area contributed by atoms with Crippen LogP contribution in [0.3, 0.4) is 0 Å². The highest BCUT2D eigenvalue weighted by Crippen LogP contribution is 2.29. The Balaban J connectivity index is 1.68. The van der Waals surface area contributed by atoms with Gasteiger partial charge in [0.1, 0.15) is 11.4 Å². The Bertz CT molecular complexity index is 663. The van der Waals surface area contributed by atoms with E-state index in [1.807, 2.05) is 24.3 Å². The second-order valence-corrected chi connectivity index (χ2v) is 5.52. The lowest BCUT2D eigenvalue weighted by molar-refractivity contribution is 0.0927. The van der Waals surface area contributed by atoms with Crippen LogP contribution in [0.25, 0.3) is 0 Å². The van der Waals surface area contributed by atoms with Crippen LogP contribution >= 0.6 is 0 Å². The number of hydrogen-bond donors (Lipinski definition) is 1. The topological polar surface area (TPSA) is 67.3 Å². The highest BCUT2D eigenvalue weighted by atomic mass is 16.5. The van der Waals surface area contributed by atoms with Crippen molar-refractivity contribution < 1.29 is 9.53 Å². The predicted octanol–water partition coefficient (Wildman–Crippen LogP) is 1.88. The first-order valence-electron chi connectivity index (χ1n) is 7.73. The first kappa shape index (κ1) is 15.3. The van der Waals surface area contributed by atoms with Crippen molar-refractivity contribution in [3.63, 3.8) is 0 Å². The highest BCUT2D eigenvalue weighted by molar-refractivity contribution is 5.92. The Morgan fingerprint density at radius 1 is 1.35 bits per heavy atom. The summed E-state index contributed by atoms with van der Waals surface area (Å²) in [5.74, 6) is 0.679. The van der Waals surface area contributed by atoms with E-state index < -0.39 is 0 Å². The summed E-state index contributed by atoms with van der Waals surface area (Å²) in [6.45, 7) is 1.71. The molecule has 1 aliphatic rings. The van der Waals surface area contributed by atoms with E-state index in [0.717, 1.165) is 37.4 Å². The van der Waals surface area contributed by atoms with Crippen LogP contribution in [0, 0.1) is 0 Å². The van der Waals surface area contributed by atoms with Gasteiger partial charge in [-0.2, -0.15) is 0 Å². The maximum absolute atomic E-state index is 12.2. The number of nitrogens with one attached hydrogen (secondary N) is 1. The van der Waals surface area contributed by atoms with Crippen LogP contribution in [-0.2, 0) is 0 Å². The number of benzene rings is 1. The minimum absolute atomic E-state index is 0.0863. The molecule has 6 nitrogen and oxygen atoms in total. The molecule has 1 amide bonds. The zero-order valence-corrected chi connectivity index (χ0v) is 13.1. The molecule has 0 bridgehead atoms. The molecule has 6 heteroatoms. The van der Waals surface area contributed by atoms with Crippen LogP contribution in [0.15, 0.2) is 42.9 Å². The lowest BCUT2D eigenvalue weighted by atomic mass is 10.0. The largest absolute Gasteiger partial charge is 0.495 e. The Morgan fingerprint density at radius 3 is 3.00 bits per heavy atom. The zero-order valence-electron chi connectivity index (χ0n) is 13.1. The van der Waals surface area contributed by atoms with Gasteiger partial charge in [0.15, 0.2) is 0 Å². The lowest BCUT2D eigenvalue weighted by Crippen LogP contribution is -2.48. The molecule has 1 atom stereocenters. The summed E-state index contributed by atoms with van der Waals surface area (Å²) in [6, 6.07) is 8.05. The molecule has 1 N–H and O–H groups in total. The first-order valence-corrected chi connectivity index (χ1v) is 7.73. The van der Waals surface area contributed by atoms with Crippen LogP contribution in [0.2, 0.25) is 0 Å². The van der Waals surface area contributed by atoms with Gasteiger partial charge in [-0.1, -0.05) is 12.1 Å². The SMILES string of the molecule is COc1ccccc1N1CCC[C@@H](NC(=O)c2cnccn2)C1. The average molecular weight is 312 g/mol. The number of ether oxygens (including phenoxy) is 1. The number of nitrogens with zero attached hydrogens (tertiary/aromatic N) is 3. The number of aromatic nitrogens is 2. The monoisotopic (exact) mass is 312 g/mol. The van der Waals surface area contributed by atoms with Crippen molar-refractivity contribution in [2.45, 2.75) is 18.9 Å². The number of anilines is 1. The second-order valence-electron chi connectivity index (χ2n) is 5.52. The second kappa shape index (κ2) is 7.09. The van der Waals surface area contributed by atoms with E-state index in [9.17, 15) is 4.79 Å². The molecule has 1 aliphatic heterocycles. The summed E-state index contributed by atoms with van der Waals surface area (Å²) in [7, 11) is 1.68. The molecule has 0 spiro atoms. The van der Waals surface area contributed by atoms with E-state index in [0.29, 0.717) is 5.69 Å². The normalized spacial score (nSPS) is 17.6. The molecule has 2 heterocycles. The standard InChI is InChI=1S/C17H20N4O2/c1-23-16-7-3-2-6-15(16)21-10-4-5-13(12-21)20-17(22)14-11-18-8-9-19-14/h2-3,6-9,11,13H,4-5,10,12H2,1H3,(H,20,22)/t13-/m1/s1. The van der Waals surface area contributed by atoms with Gasteiger partial charge in [-0.3, -0.25) is 9.78 Å². The predicted molar refractivity (Wildman–Crippen MR) is 87.7 cm³/mol. The van der Waals surface area contributed by atoms with Gasteiger partial charge in [0.25, 0.3) is 5.91 Å². The van der Waals surface area contributed by atoms with Crippen LogP contribution in [-0.4, -0.2) is 42.1 Å². The number of carbonyl (C=O) groups is 1. The van der Waals surface area contributed by atoms with E-state index in [-0.39, 0.29) is 11.9 Å². The van der Waals surface area contributed by atoms with Gasteiger partial charge in [-0.15, -0.1) is 0 Å². The average Bonchev–Trinajstić information content (AvgIpc) is 2.62. The lowest BCUT2D eigenvalue weighted by Gasteiger charge is -2.35. The Kier molecular flexibility index (Phi) is 4.71. The first-order chi connectivity index (χ1) is 11.3.